The van der Waals surface area contributed by atoms with Crippen molar-refractivity contribution in [1.29, 1.82) is 0 Å². The molecule has 4 aromatic rings. The molecular weight excluding hydrogens is 502 g/mol. The molecule has 0 aliphatic carbocycles. The predicted molar refractivity (Wildman–Crippen MR) is 136 cm³/mol. The maximum absolute atomic E-state index is 13.8. The third-order valence-corrected chi connectivity index (χ3v) is 8.29. The average molecular weight is 527 g/mol. The number of carbonyl (C=O) groups excluding carboxylic acids is 1. The molecule has 192 valence electrons. The molecule has 0 atom stereocenters. The summed E-state index contributed by atoms with van der Waals surface area (Å²) in [5.41, 5.74) is 14.3. The molecule has 0 unspecified atom stereocenters. The van der Waals surface area contributed by atoms with Gasteiger partial charge in [-0.2, -0.15) is 5.10 Å². The van der Waals surface area contributed by atoms with Gasteiger partial charge < -0.3 is 21.3 Å². The van der Waals surface area contributed by atoms with E-state index in [0.29, 0.717) is 41.3 Å². The van der Waals surface area contributed by atoms with Crippen molar-refractivity contribution < 1.29 is 22.0 Å². The highest BCUT2D eigenvalue weighted by molar-refractivity contribution is 7.91. The van der Waals surface area contributed by atoms with Crippen LogP contribution in [0.2, 0.25) is 0 Å². The molecule has 0 spiro atoms. The number of nitrogen functional groups attached to an aromatic ring is 1. The minimum atomic E-state index is -4.26. The number of amides is 1. The summed E-state index contributed by atoms with van der Waals surface area (Å²) in [5.74, 6) is -2.71. The van der Waals surface area contributed by atoms with Crippen LogP contribution < -0.4 is 16.4 Å². The molecule has 5 N–H and O–H groups in total. The second kappa shape index (κ2) is 9.12. The number of hydrogen-bond donors (Lipinski definition) is 3. The fourth-order valence-electron chi connectivity index (χ4n) is 4.55. The van der Waals surface area contributed by atoms with E-state index >= 15 is 0 Å². The maximum atomic E-state index is 13.8. The lowest BCUT2D eigenvalue weighted by molar-refractivity contribution is 0.100. The lowest BCUT2D eigenvalue weighted by atomic mass is 9.98. The first kappa shape index (κ1) is 24.7. The molecule has 0 bridgehead atoms. The van der Waals surface area contributed by atoms with Gasteiger partial charge >= 0.3 is 0 Å². The van der Waals surface area contributed by atoms with Crippen LogP contribution in [-0.2, 0) is 9.84 Å². The van der Waals surface area contributed by atoms with Gasteiger partial charge in [-0.1, -0.05) is 0 Å². The lowest BCUT2D eigenvalue weighted by Crippen LogP contribution is -2.44. The van der Waals surface area contributed by atoms with Gasteiger partial charge in [0.25, 0.3) is 5.91 Å². The number of hydrogen-bond acceptors (Lipinski definition) is 7. The smallest absolute Gasteiger partial charge is 0.250 e. The number of aromatic nitrogens is 2. The van der Waals surface area contributed by atoms with Crippen LogP contribution in [0.15, 0.2) is 58.3 Å². The van der Waals surface area contributed by atoms with Gasteiger partial charge in [0.05, 0.1) is 26.6 Å². The number of piperazine rings is 1. The zero-order chi connectivity index (χ0) is 26.5. The largest absolute Gasteiger partial charge is 0.397 e. The second-order valence-corrected chi connectivity index (χ2v) is 10.9. The van der Waals surface area contributed by atoms with Crippen LogP contribution in [0.4, 0.5) is 20.2 Å². The fourth-order valence-corrected chi connectivity index (χ4v) is 5.88. The number of anilines is 2. The minimum absolute atomic E-state index is 0.114. The Morgan fingerprint density at radius 2 is 1.65 bits per heavy atom. The number of primary amides is 1. The van der Waals surface area contributed by atoms with Crippen molar-refractivity contribution in [2.45, 2.75) is 9.79 Å². The number of H-pyrrole nitrogens is 1. The van der Waals surface area contributed by atoms with Crippen molar-refractivity contribution in [3.05, 3.63) is 65.7 Å². The van der Waals surface area contributed by atoms with E-state index in [1.54, 1.807) is 12.1 Å². The Labute approximate surface area is 211 Å². The van der Waals surface area contributed by atoms with Gasteiger partial charge in [0, 0.05) is 48.9 Å². The van der Waals surface area contributed by atoms with Crippen molar-refractivity contribution in [2.24, 2.45) is 5.73 Å². The third kappa shape index (κ3) is 4.38. The van der Waals surface area contributed by atoms with E-state index in [-0.39, 0.29) is 16.1 Å². The number of sulfone groups is 1. The Kier molecular flexibility index (Phi) is 6.08. The third-order valence-electron chi connectivity index (χ3n) is 6.56. The van der Waals surface area contributed by atoms with Gasteiger partial charge in [0.2, 0.25) is 9.84 Å². The van der Waals surface area contributed by atoms with Crippen molar-refractivity contribution >= 4 is 38.0 Å². The number of nitrogens with one attached hydrogen (secondary N) is 1. The van der Waals surface area contributed by atoms with Gasteiger partial charge in [-0.25, -0.2) is 17.2 Å². The molecule has 12 heteroatoms. The lowest BCUT2D eigenvalue weighted by Gasteiger charge is -2.35. The molecule has 9 nitrogen and oxygen atoms in total. The van der Waals surface area contributed by atoms with Crippen molar-refractivity contribution in [3.8, 4) is 11.3 Å². The van der Waals surface area contributed by atoms with Crippen molar-refractivity contribution in [2.75, 3.05) is 43.9 Å². The van der Waals surface area contributed by atoms with E-state index in [1.165, 1.54) is 18.2 Å². The summed E-state index contributed by atoms with van der Waals surface area (Å²) in [7, 11) is -2.24. The number of aromatic amines is 1. The summed E-state index contributed by atoms with van der Waals surface area (Å²) in [4.78, 5) is 15.7. The first-order valence-corrected chi connectivity index (χ1v) is 12.9. The molecule has 1 aliphatic heterocycles. The molecule has 0 saturated carbocycles. The number of benzene rings is 3. The molecule has 1 aliphatic rings. The molecule has 37 heavy (non-hydrogen) atoms. The molecule has 2 heterocycles. The van der Waals surface area contributed by atoms with Gasteiger partial charge in [0.15, 0.2) is 0 Å². The number of halogens is 2. The van der Waals surface area contributed by atoms with Crippen LogP contribution in [0.1, 0.15) is 10.4 Å². The molecule has 1 saturated heterocycles. The summed E-state index contributed by atoms with van der Waals surface area (Å²) in [6.07, 6.45) is 0. The predicted octanol–water partition coefficient (Wildman–Crippen LogP) is 2.77. The number of carbonyl (C=O) groups is 1. The van der Waals surface area contributed by atoms with Gasteiger partial charge in [-0.05, 0) is 49.5 Å². The summed E-state index contributed by atoms with van der Waals surface area (Å²) in [6, 6.07) is 9.66. The van der Waals surface area contributed by atoms with Crippen molar-refractivity contribution in [3.63, 3.8) is 0 Å². The van der Waals surface area contributed by atoms with E-state index in [0.717, 1.165) is 30.9 Å². The highest BCUT2D eigenvalue weighted by Gasteiger charge is 2.26. The zero-order valence-electron chi connectivity index (χ0n) is 19.8. The quantitative estimate of drug-likeness (QED) is 0.340. The van der Waals surface area contributed by atoms with Gasteiger partial charge in [0.1, 0.15) is 17.3 Å². The van der Waals surface area contributed by atoms with Crippen LogP contribution in [0.3, 0.4) is 0 Å². The van der Waals surface area contributed by atoms with Gasteiger partial charge in [-0.3, -0.25) is 9.89 Å². The molecule has 1 amide bonds. The van der Waals surface area contributed by atoms with E-state index in [1.807, 2.05) is 7.05 Å². The molecule has 5 rings (SSSR count). The Morgan fingerprint density at radius 1 is 0.973 bits per heavy atom. The topological polar surface area (TPSA) is 138 Å². The van der Waals surface area contributed by atoms with Crippen LogP contribution in [0.25, 0.3) is 22.2 Å². The Balaban J connectivity index is 1.70. The summed E-state index contributed by atoms with van der Waals surface area (Å²) < 4.78 is 54.0. The fraction of sp³-hybridized carbons (Fsp3) is 0.200. The zero-order valence-corrected chi connectivity index (χ0v) is 20.6. The van der Waals surface area contributed by atoms with E-state index in [4.69, 9.17) is 11.5 Å². The van der Waals surface area contributed by atoms with Crippen LogP contribution in [0.5, 0.6) is 0 Å². The normalized spacial score (nSPS) is 14.8. The van der Waals surface area contributed by atoms with E-state index in [9.17, 15) is 22.0 Å². The average Bonchev–Trinajstić information content (AvgIpc) is 3.26. The van der Waals surface area contributed by atoms with E-state index in [2.05, 4.69) is 20.0 Å². The molecule has 3 aromatic carbocycles. The standard InChI is InChI=1S/C25H24F2N6O3S/c1-32-6-8-33(9-7-32)21-5-3-18(25(29)34)23(28)22(21)24-19-13-16(2-4-20(19)30-31-24)37(35,36)17-11-14(26)10-15(27)12-17/h2-5,10-13H,6-9,28H2,1H3,(H2,29,34)(H,30,31). The molecule has 1 fully saturated rings. The summed E-state index contributed by atoms with van der Waals surface area (Å²) in [6.45, 7) is 3.02. The van der Waals surface area contributed by atoms with Crippen molar-refractivity contribution in [1.82, 2.24) is 15.1 Å². The first-order chi connectivity index (χ1) is 17.6. The minimum Gasteiger partial charge on any atom is -0.397 e. The Bertz CT molecular complexity index is 1630. The Morgan fingerprint density at radius 3 is 2.30 bits per heavy atom. The highest BCUT2D eigenvalue weighted by Crippen LogP contribution is 2.41. The highest BCUT2D eigenvalue weighted by atomic mass is 32.2. The SMILES string of the molecule is CN1CCN(c2ccc(C(N)=O)c(N)c2-c2n[nH]c3ccc(S(=O)(=O)c4cc(F)cc(F)c4)cc23)CC1. The molecule has 0 radical (unpaired) electrons. The first-order valence-electron chi connectivity index (χ1n) is 11.4. The number of fused-ring (bicyclic) bond motifs is 1. The summed E-state index contributed by atoms with van der Waals surface area (Å²) >= 11 is 0. The number of likely N-dealkylation sites (N-methyl/N-ethyl adjacent to an activating group) is 1. The van der Waals surface area contributed by atoms with Crippen LogP contribution >= 0.6 is 0 Å². The molecule has 1 aromatic heterocycles. The van der Waals surface area contributed by atoms with Crippen LogP contribution in [-0.4, -0.2) is 62.6 Å². The van der Waals surface area contributed by atoms with Crippen LogP contribution in [0, 0.1) is 11.6 Å². The molecular formula is C25H24F2N6O3S. The van der Waals surface area contributed by atoms with Gasteiger partial charge in [-0.15, -0.1) is 0 Å². The number of nitrogens with zero attached hydrogens (tertiary/aromatic N) is 3. The number of nitrogens with two attached hydrogens (primary N) is 2. The number of rotatable bonds is 5. The monoisotopic (exact) mass is 526 g/mol. The summed E-state index contributed by atoms with van der Waals surface area (Å²) in [5, 5.41) is 7.69. The maximum Gasteiger partial charge on any atom is 0.250 e. The Hall–Kier alpha value is -4.03. The second-order valence-electron chi connectivity index (χ2n) is 8.96. The van der Waals surface area contributed by atoms with E-state index < -0.39 is 32.3 Å².